The molecule has 2 aromatic carbocycles. The molecule has 1 unspecified atom stereocenters. The molecule has 106 valence electrons. The number of hydrogen-bond acceptors (Lipinski definition) is 3. The van der Waals surface area contributed by atoms with Crippen molar-refractivity contribution in [3.05, 3.63) is 70.2 Å². The highest BCUT2D eigenvalue weighted by Gasteiger charge is 2.17. The molecule has 0 saturated carbocycles. The van der Waals surface area contributed by atoms with Gasteiger partial charge in [0.2, 0.25) is 0 Å². The standard InChI is InChI=1S/C16H13BrFN3/c1-19-16(12-9-11(17)3-4-13(12)18)10-2-5-14-15(8-10)21-7-6-20-14/h2-9,16,19H,1H3. The molecule has 0 fully saturated rings. The minimum absolute atomic E-state index is 0.239. The molecule has 3 nitrogen and oxygen atoms in total. The predicted molar refractivity (Wildman–Crippen MR) is 84.5 cm³/mol. The van der Waals surface area contributed by atoms with E-state index >= 15 is 0 Å². The first-order valence-electron chi connectivity index (χ1n) is 6.52. The minimum Gasteiger partial charge on any atom is -0.309 e. The summed E-state index contributed by atoms with van der Waals surface area (Å²) in [5.41, 5.74) is 3.16. The molecule has 0 aliphatic carbocycles. The fraction of sp³-hybridized carbons (Fsp3) is 0.125. The van der Waals surface area contributed by atoms with Crippen molar-refractivity contribution >= 4 is 27.0 Å². The van der Waals surface area contributed by atoms with Crippen LogP contribution in [0.2, 0.25) is 0 Å². The van der Waals surface area contributed by atoms with Crippen LogP contribution in [0, 0.1) is 5.82 Å². The van der Waals surface area contributed by atoms with Gasteiger partial charge < -0.3 is 5.32 Å². The number of nitrogens with zero attached hydrogens (tertiary/aromatic N) is 2. The molecule has 3 rings (SSSR count). The maximum Gasteiger partial charge on any atom is 0.128 e. The largest absolute Gasteiger partial charge is 0.309 e. The number of halogens is 2. The highest BCUT2D eigenvalue weighted by atomic mass is 79.9. The number of nitrogens with one attached hydrogen (secondary N) is 1. The van der Waals surface area contributed by atoms with E-state index in [1.807, 2.05) is 25.2 Å². The molecular formula is C16H13BrFN3. The molecule has 1 heterocycles. The second-order valence-electron chi connectivity index (χ2n) is 4.69. The van der Waals surface area contributed by atoms with E-state index in [0.717, 1.165) is 21.1 Å². The first kappa shape index (κ1) is 14.1. The molecule has 1 atom stereocenters. The lowest BCUT2D eigenvalue weighted by Gasteiger charge is -2.18. The van der Waals surface area contributed by atoms with E-state index in [4.69, 9.17) is 0 Å². The molecule has 0 spiro atoms. The Bertz CT molecular complexity index is 791. The van der Waals surface area contributed by atoms with Gasteiger partial charge in [0.1, 0.15) is 5.82 Å². The van der Waals surface area contributed by atoms with Gasteiger partial charge in [-0.3, -0.25) is 9.97 Å². The fourth-order valence-electron chi connectivity index (χ4n) is 2.40. The highest BCUT2D eigenvalue weighted by molar-refractivity contribution is 9.10. The normalized spacial score (nSPS) is 12.5. The predicted octanol–water partition coefficient (Wildman–Crippen LogP) is 3.84. The van der Waals surface area contributed by atoms with Gasteiger partial charge in [-0.05, 0) is 42.9 Å². The topological polar surface area (TPSA) is 37.8 Å². The molecule has 0 amide bonds. The number of aromatic nitrogens is 2. The summed E-state index contributed by atoms with van der Waals surface area (Å²) < 4.78 is 15.0. The molecular weight excluding hydrogens is 333 g/mol. The summed E-state index contributed by atoms with van der Waals surface area (Å²) in [6.45, 7) is 0. The van der Waals surface area contributed by atoms with Crippen LogP contribution in [-0.2, 0) is 0 Å². The van der Waals surface area contributed by atoms with Crippen LogP contribution in [0.15, 0.2) is 53.3 Å². The summed E-state index contributed by atoms with van der Waals surface area (Å²) >= 11 is 3.39. The fourth-order valence-corrected chi connectivity index (χ4v) is 2.78. The van der Waals surface area contributed by atoms with E-state index < -0.39 is 0 Å². The first-order valence-corrected chi connectivity index (χ1v) is 7.31. The van der Waals surface area contributed by atoms with Gasteiger partial charge in [0, 0.05) is 22.4 Å². The van der Waals surface area contributed by atoms with Crippen LogP contribution in [-0.4, -0.2) is 17.0 Å². The maximum absolute atomic E-state index is 14.1. The summed E-state index contributed by atoms with van der Waals surface area (Å²) in [6, 6.07) is 10.5. The summed E-state index contributed by atoms with van der Waals surface area (Å²) in [5.74, 6) is -0.239. The minimum atomic E-state index is -0.242. The van der Waals surface area contributed by atoms with Gasteiger partial charge in [0.05, 0.1) is 17.1 Å². The third-order valence-corrected chi connectivity index (χ3v) is 3.88. The second-order valence-corrected chi connectivity index (χ2v) is 5.61. The van der Waals surface area contributed by atoms with E-state index in [-0.39, 0.29) is 11.9 Å². The smallest absolute Gasteiger partial charge is 0.128 e. The van der Waals surface area contributed by atoms with Crippen LogP contribution in [0.5, 0.6) is 0 Å². The molecule has 21 heavy (non-hydrogen) atoms. The Kier molecular flexibility index (Phi) is 3.94. The first-order chi connectivity index (χ1) is 10.2. The Morgan fingerprint density at radius 1 is 1.05 bits per heavy atom. The third-order valence-electron chi connectivity index (χ3n) is 3.38. The lowest BCUT2D eigenvalue weighted by atomic mass is 9.98. The van der Waals surface area contributed by atoms with Gasteiger partial charge in [-0.1, -0.05) is 22.0 Å². The monoisotopic (exact) mass is 345 g/mol. The summed E-state index contributed by atoms with van der Waals surface area (Å²) in [4.78, 5) is 8.55. The Labute approximate surface area is 130 Å². The Hall–Kier alpha value is -1.85. The average Bonchev–Trinajstić information content (AvgIpc) is 2.51. The van der Waals surface area contributed by atoms with Crippen molar-refractivity contribution < 1.29 is 4.39 Å². The SMILES string of the molecule is CNC(c1ccc2nccnc2c1)c1cc(Br)ccc1F. The zero-order chi connectivity index (χ0) is 14.8. The van der Waals surface area contributed by atoms with Crippen LogP contribution in [0.25, 0.3) is 11.0 Å². The lowest BCUT2D eigenvalue weighted by Crippen LogP contribution is -2.19. The van der Waals surface area contributed by atoms with Crippen molar-refractivity contribution in [2.75, 3.05) is 7.05 Å². The van der Waals surface area contributed by atoms with Gasteiger partial charge in [-0.15, -0.1) is 0 Å². The molecule has 1 N–H and O–H groups in total. The van der Waals surface area contributed by atoms with E-state index in [1.165, 1.54) is 6.07 Å². The maximum atomic E-state index is 14.1. The highest BCUT2D eigenvalue weighted by Crippen LogP contribution is 2.28. The third kappa shape index (κ3) is 2.80. The molecule has 0 aliphatic rings. The van der Waals surface area contributed by atoms with Gasteiger partial charge in [0.25, 0.3) is 0 Å². The average molecular weight is 346 g/mol. The summed E-state index contributed by atoms with van der Waals surface area (Å²) in [7, 11) is 1.81. The van der Waals surface area contributed by atoms with Crippen LogP contribution in [0.3, 0.4) is 0 Å². The van der Waals surface area contributed by atoms with E-state index in [2.05, 4.69) is 31.2 Å². The lowest BCUT2D eigenvalue weighted by molar-refractivity contribution is 0.576. The Morgan fingerprint density at radius 2 is 1.81 bits per heavy atom. The number of benzene rings is 2. The van der Waals surface area contributed by atoms with E-state index in [1.54, 1.807) is 24.5 Å². The van der Waals surface area contributed by atoms with Crippen LogP contribution < -0.4 is 5.32 Å². The van der Waals surface area contributed by atoms with Gasteiger partial charge >= 0.3 is 0 Å². The second kappa shape index (κ2) is 5.87. The molecule has 0 aliphatic heterocycles. The molecule has 0 radical (unpaired) electrons. The summed E-state index contributed by atoms with van der Waals surface area (Å²) in [5, 5.41) is 3.16. The number of rotatable bonds is 3. The number of fused-ring (bicyclic) bond motifs is 1. The Balaban J connectivity index is 2.11. The Morgan fingerprint density at radius 3 is 2.57 bits per heavy atom. The van der Waals surface area contributed by atoms with Crippen LogP contribution >= 0.6 is 15.9 Å². The van der Waals surface area contributed by atoms with Crippen LogP contribution in [0.4, 0.5) is 4.39 Å². The van der Waals surface area contributed by atoms with Crippen molar-refractivity contribution in [1.29, 1.82) is 0 Å². The van der Waals surface area contributed by atoms with Crippen molar-refractivity contribution in [2.45, 2.75) is 6.04 Å². The molecule has 0 bridgehead atoms. The van der Waals surface area contributed by atoms with Crippen LogP contribution in [0.1, 0.15) is 17.2 Å². The van der Waals surface area contributed by atoms with Gasteiger partial charge in [-0.25, -0.2) is 4.39 Å². The molecule has 3 aromatic rings. The number of hydrogen-bond donors (Lipinski definition) is 1. The summed E-state index contributed by atoms with van der Waals surface area (Å²) in [6.07, 6.45) is 3.31. The molecule has 5 heteroatoms. The molecule has 0 saturated heterocycles. The van der Waals surface area contributed by atoms with Gasteiger partial charge in [-0.2, -0.15) is 0 Å². The molecule has 1 aromatic heterocycles. The van der Waals surface area contributed by atoms with Gasteiger partial charge in [0.15, 0.2) is 0 Å². The van der Waals surface area contributed by atoms with Crippen molar-refractivity contribution in [3.63, 3.8) is 0 Å². The zero-order valence-electron chi connectivity index (χ0n) is 11.3. The van der Waals surface area contributed by atoms with Crippen molar-refractivity contribution in [1.82, 2.24) is 15.3 Å². The quantitative estimate of drug-likeness (QED) is 0.783. The zero-order valence-corrected chi connectivity index (χ0v) is 12.9. The van der Waals surface area contributed by atoms with Crippen molar-refractivity contribution in [2.24, 2.45) is 0 Å². The van der Waals surface area contributed by atoms with E-state index in [0.29, 0.717) is 5.56 Å². The van der Waals surface area contributed by atoms with E-state index in [9.17, 15) is 4.39 Å². The van der Waals surface area contributed by atoms with Crippen molar-refractivity contribution in [3.8, 4) is 0 Å².